The average Bonchev–Trinajstić information content (AvgIpc) is 2.67. The minimum atomic E-state index is 0.154. The van der Waals surface area contributed by atoms with E-state index in [4.69, 9.17) is 21.5 Å². The van der Waals surface area contributed by atoms with E-state index in [1.807, 2.05) is 30.3 Å². The second-order valence-corrected chi connectivity index (χ2v) is 3.77. The molecule has 0 aliphatic rings. The first-order chi connectivity index (χ1) is 8.65. The van der Waals surface area contributed by atoms with E-state index in [0.717, 1.165) is 11.3 Å². The molecule has 0 amide bonds. The lowest BCUT2D eigenvalue weighted by Gasteiger charge is -2.05. The van der Waals surface area contributed by atoms with Crippen molar-refractivity contribution in [3.8, 4) is 11.8 Å². The lowest BCUT2D eigenvalue weighted by Crippen LogP contribution is -2.06. The van der Waals surface area contributed by atoms with Crippen molar-refractivity contribution in [3.05, 3.63) is 35.5 Å². The molecule has 2 aromatic rings. The summed E-state index contributed by atoms with van der Waals surface area (Å²) in [7, 11) is 1.61. The van der Waals surface area contributed by atoms with Crippen LogP contribution in [-0.2, 0) is 6.54 Å². The van der Waals surface area contributed by atoms with E-state index >= 15 is 0 Å². The van der Waals surface area contributed by atoms with Gasteiger partial charge in [0.15, 0.2) is 5.69 Å². The molecule has 1 aromatic carbocycles. The number of nitriles is 1. The molecule has 92 valence electrons. The Morgan fingerprint density at radius 3 is 2.50 bits per heavy atom. The molecule has 18 heavy (non-hydrogen) atoms. The molecule has 0 bridgehead atoms. The SMILES string of the molecule is COc1ccc(Cn2nc(C#N)c(N)c2N)cc1. The van der Waals surface area contributed by atoms with Crippen LogP contribution < -0.4 is 16.2 Å². The Morgan fingerprint density at radius 1 is 1.33 bits per heavy atom. The highest BCUT2D eigenvalue weighted by Gasteiger charge is 2.12. The summed E-state index contributed by atoms with van der Waals surface area (Å²) in [5, 5.41) is 12.9. The van der Waals surface area contributed by atoms with Crippen LogP contribution in [0, 0.1) is 11.3 Å². The lowest BCUT2D eigenvalue weighted by atomic mass is 10.2. The van der Waals surface area contributed by atoms with Gasteiger partial charge in [-0.3, -0.25) is 0 Å². The van der Waals surface area contributed by atoms with E-state index in [0.29, 0.717) is 12.4 Å². The molecule has 0 atom stereocenters. The van der Waals surface area contributed by atoms with Gasteiger partial charge in [0.05, 0.1) is 13.7 Å². The van der Waals surface area contributed by atoms with Gasteiger partial charge in [-0.05, 0) is 17.7 Å². The van der Waals surface area contributed by atoms with Gasteiger partial charge in [-0.25, -0.2) is 4.68 Å². The van der Waals surface area contributed by atoms with Gasteiger partial charge in [-0.2, -0.15) is 10.4 Å². The maximum atomic E-state index is 8.81. The average molecular weight is 243 g/mol. The predicted octanol–water partition coefficient (Wildman–Crippen LogP) is 0.976. The molecule has 4 N–H and O–H groups in total. The normalized spacial score (nSPS) is 10.0. The van der Waals surface area contributed by atoms with Crippen molar-refractivity contribution in [2.24, 2.45) is 0 Å². The molecule has 0 fully saturated rings. The molecular formula is C12H13N5O. The topological polar surface area (TPSA) is 103 Å². The molecule has 0 radical (unpaired) electrons. The standard InChI is InChI=1S/C12H13N5O/c1-18-9-4-2-8(3-5-9)7-17-12(15)11(14)10(6-13)16-17/h2-5H,7,14-15H2,1H3. The van der Waals surface area contributed by atoms with Crippen molar-refractivity contribution in [2.75, 3.05) is 18.6 Å². The van der Waals surface area contributed by atoms with Crippen LogP contribution in [-0.4, -0.2) is 16.9 Å². The molecule has 2 rings (SSSR count). The maximum Gasteiger partial charge on any atom is 0.187 e. The number of anilines is 2. The fourth-order valence-corrected chi connectivity index (χ4v) is 1.60. The van der Waals surface area contributed by atoms with Gasteiger partial charge in [0.1, 0.15) is 23.3 Å². The molecule has 6 nitrogen and oxygen atoms in total. The Labute approximate surface area is 104 Å². The molecule has 6 heteroatoms. The van der Waals surface area contributed by atoms with E-state index in [1.165, 1.54) is 4.68 Å². The molecule has 0 saturated carbocycles. The van der Waals surface area contributed by atoms with E-state index in [9.17, 15) is 0 Å². The van der Waals surface area contributed by atoms with E-state index < -0.39 is 0 Å². The van der Waals surface area contributed by atoms with Crippen molar-refractivity contribution >= 4 is 11.5 Å². The molecule has 0 unspecified atom stereocenters. The van der Waals surface area contributed by atoms with E-state index in [2.05, 4.69) is 5.10 Å². The third kappa shape index (κ3) is 2.06. The van der Waals surface area contributed by atoms with Crippen LogP contribution in [0.5, 0.6) is 5.75 Å². The third-order valence-corrected chi connectivity index (χ3v) is 2.63. The first kappa shape index (κ1) is 11.8. The Bertz CT molecular complexity index is 594. The summed E-state index contributed by atoms with van der Waals surface area (Å²) in [6.07, 6.45) is 0. The van der Waals surface area contributed by atoms with E-state index in [-0.39, 0.29) is 11.4 Å². The summed E-state index contributed by atoms with van der Waals surface area (Å²) >= 11 is 0. The molecular weight excluding hydrogens is 230 g/mol. The van der Waals surface area contributed by atoms with Crippen molar-refractivity contribution in [1.82, 2.24) is 9.78 Å². The Hall–Kier alpha value is -2.68. The quantitative estimate of drug-likeness (QED) is 0.836. The lowest BCUT2D eigenvalue weighted by molar-refractivity contribution is 0.414. The van der Waals surface area contributed by atoms with Crippen molar-refractivity contribution in [2.45, 2.75) is 6.54 Å². The number of aromatic nitrogens is 2. The summed E-state index contributed by atoms with van der Waals surface area (Å²) < 4.78 is 6.58. The number of benzene rings is 1. The smallest absolute Gasteiger partial charge is 0.187 e. The minimum absolute atomic E-state index is 0.154. The summed E-state index contributed by atoms with van der Waals surface area (Å²) in [5.74, 6) is 1.09. The fraction of sp³-hybridized carbons (Fsp3) is 0.167. The first-order valence-electron chi connectivity index (χ1n) is 5.30. The minimum Gasteiger partial charge on any atom is -0.497 e. The fourth-order valence-electron chi connectivity index (χ4n) is 1.60. The summed E-state index contributed by atoms with van der Waals surface area (Å²) in [6, 6.07) is 9.42. The zero-order chi connectivity index (χ0) is 13.1. The third-order valence-electron chi connectivity index (χ3n) is 2.63. The monoisotopic (exact) mass is 243 g/mol. The number of hydrogen-bond donors (Lipinski definition) is 2. The Kier molecular flexibility index (Phi) is 3.06. The second-order valence-electron chi connectivity index (χ2n) is 3.77. The summed E-state index contributed by atoms with van der Waals surface area (Å²) in [5.41, 5.74) is 12.8. The van der Waals surface area contributed by atoms with Gasteiger partial charge in [-0.1, -0.05) is 12.1 Å². The number of methoxy groups -OCH3 is 1. The summed E-state index contributed by atoms with van der Waals surface area (Å²) in [6.45, 7) is 0.460. The number of rotatable bonds is 3. The van der Waals surface area contributed by atoms with Crippen LogP contribution in [0.4, 0.5) is 11.5 Å². The highest BCUT2D eigenvalue weighted by Crippen LogP contribution is 2.20. The molecule has 1 heterocycles. The van der Waals surface area contributed by atoms with Crippen molar-refractivity contribution < 1.29 is 4.74 Å². The largest absolute Gasteiger partial charge is 0.497 e. The van der Waals surface area contributed by atoms with Gasteiger partial charge in [0.2, 0.25) is 0 Å². The van der Waals surface area contributed by atoms with Crippen LogP contribution in [0.25, 0.3) is 0 Å². The zero-order valence-corrected chi connectivity index (χ0v) is 9.92. The molecule has 0 aliphatic carbocycles. The van der Waals surface area contributed by atoms with Crippen LogP contribution in [0.1, 0.15) is 11.3 Å². The second kappa shape index (κ2) is 4.67. The highest BCUT2D eigenvalue weighted by molar-refractivity contribution is 5.65. The van der Waals surface area contributed by atoms with E-state index in [1.54, 1.807) is 7.11 Å². The number of hydrogen-bond acceptors (Lipinski definition) is 5. The van der Waals surface area contributed by atoms with Gasteiger partial charge in [0, 0.05) is 0 Å². The number of ether oxygens (including phenoxy) is 1. The van der Waals surface area contributed by atoms with Gasteiger partial charge in [0.25, 0.3) is 0 Å². The maximum absolute atomic E-state index is 8.81. The number of nitrogen functional groups attached to an aromatic ring is 2. The molecule has 0 aliphatic heterocycles. The van der Waals surface area contributed by atoms with Crippen LogP contribution in [0.2, 0.25) is 0 Å². The highest BCUT2D eigenvalue weighted by atomic mass is 16.5. The van der Waals surface area contributed by atoms with Crippen LogP contribution in [0.15, 0.2) is 24.3 Å². The molecule has 0 saturated heterocycles. The van der Waals surface area contributed by atoms with Gasteiger partial charge >= 0.3 is 0 Å². The van der Waals surface area contributed by atoms with Crippen LogP contribution in [0.3, 0.4) is 0 Å². The van der Waals surface area contributed by atoms with Gasteiger partial charge in [-0.15, -0.1) is 0 Å². The zero-order valence-electron chi connectivity index (χ0n) is 9.92. The molecule has 0 spiro atoms. The number of nitrogens with two attached hydrogens (primary N) is 2. The molecule has 1 aromatic heterocycles. The van der Waals surface area contributed by atoms with Gasteiger partial charge < -0.3 is 16.2 Å². The van der Waals surface area contributed by atoms with Crippen molar-refractivity contribution in [3.63, 3.8) is 0 Å². The number of nitrogens with zero attached hydrogens (tertiary/aromatic N) is 3. The Balaban J connectivity index is 2.26. The van der Waals surface area contributed by atoms with Crippen LogP contribution >= 0.6 is 0 Å². The Morgan fingerprint density at radius 2 is 2.00 bits per heavy atom. The first-order valence-corrected chi connectivity index (χ1v) is 5.30. The summed E-state index contributed by atoms with van der Waals surface area (Å²) in [4.78, 5) is 0. The van der Waals surface area contributed by atoms with Crippen molar-refractivity contribution in [1.29, 1.82) is 5.26 Å². The predicted molar refractivity (Wildman–Crippen MR) is 67.9 cm³/mol.